The second-order valence-electron chi connectivity index (χ2n) is 5.32. The number of rotatable bonds is 6. The van der Waals surface area contributed by atoms with Gasteiger partial charge >= 0.3 is 10.2 Å². The molecular weight excluding hydrogens is 326 g/mol. The van der Waals surface area contributed by atoms with E-state index in [0.717, 1.165) is 25.5 Å². The topological polar surface area (TPSA) is 95.6 Å². The summed E-state index contributed by atoms with van der Waals surface area (Å²) in [6.07, 6.45) is 3.82. The molecule has 1 aliphatic heterocycles. The number of benzene rings is 1. The maximum Gasteiger partial charge on any atom is 0.301 e. The minimum atomic E-state index is -3.61. The van der Waals surface area contributed by atoms with Gasteiger partial charge < -0.3 is 0 Å². The highest BCUT2D eigenvalue weighted by Gasteiger charge is 2.24. The molecule has 2 rings (SSSR count). The molecule has 0 radical (unpaired) electrons. The zero-order valence-corrected chi connectivity index (χ0v) is 14.1. The standard InChI is InChI=1S/C13H21N3O4S2/c1-21(17,18)14-11-12-7-3-4-8-13(12)15-22(19,20)16-9-5-2-6-10-16/h3-4,7-8,14-15H,2,5-6,9-11H2,1H3. The fourth-order valence-corrected chi connectivity index (χ4v) is 4.05. The Labute approximate surface area is 131 Å². The summed E-state index contributed by atoms with van der Waals surface area (Å²) in [6.45, 7) is 1.07. The first-order valence-corrected chi connectivity index (χ1v) is 10.4. The molecule has 1 fully saturated rings. The molecule has 22 heavy (non-hydrogen) atoms. The largest absolute Gasteiger partial charge is 0.301 e. The summed E-state index contributed by atoms with van der Waals surface area (Å²) >= 11 is 0. The maximum atomic E-state index is 12.4. The van der Waals surface area contributed by atoms with E-state index in [9.17, 15) is 16.8 Å². The van der Waals surface area contributed by atoms with Crippen molar-refractivity contribution >= 4 is 25.9 Å². The number of hydrogen-bond donors (Lipinski definition) is 2. The van der Waals surface area contributed by atoms with Gasteiger partial charge in [-0.2, -0.15) is 12.7 Å². The van der Waals surface area contributed by atoms with Gasteiger partial charge in [-0.3, -0.25) is 4.72 Å². The van der Waals surface area contributed by atoms with E-state index in [1.54, 1.807) is 24.3 Å². The average molecular weight is 347 g/mol. The first-order chi connectivity index (χ1) is 10.3. The van der Waals surface area contributed by atoms with Gasteiger partial charge in [-0.25, -0.2) is 13.1 Å². The summed E-state index contributed by atoms with van der Waals surface area (Å²) in [4.78, 5) is 0. The molecule has 1 heterocycles. The van der Waals surface area contributed by atoms with Crippen LogP contribution in [-0.4, -0.2) is 40.5 Å². The van der Waals surface area contributed by atoms with E-state index in [2.05, 4.69) is 9.44 Å². The van der Waals surface area contributed by atoms with Crippen molar-refractivity contribution in [1.82, 2.24) is 9.03 Å². The Morgan fingerprint density at radius 3 is 2.32 bits per heavy atom. The van der Waals surface area contributed by atoms with Crippen LogP contribution in [0.2, 0.25) is 0 Å². The molecule has 1 aliphatic rings. The fraction of sp³-hybridized carbons (Fsp3) is 0.538. The minimum absolute atomic E-state index is 0.0392. The van der Waals surface area contributed by atoms with E-state index >= 15 is 0 Å². The lowest BCUT2D eigenvalue weighted by molar-refractivity contribution is 0.349. The molecule has 0 aromatic heterocycles. The second-order valence-corrected chi connectivity index (χ2v) is 8.82. The highest BCUT2D eigenvalue weighted by atomic mass is 32.2. The van der Waals surface area contributed by atoms with Gasteiger partial charge in [0.25, 0.3) is 0 Å². The zero-order chi connectivity index (χ0) is 16.2. The van der Waals surface area contributed by atoms with Crippen LogP contribution in [0.25, 0.3) is 0 Å². The summed E-state index contributed by atoms with van der Waals surface area (Å²) < 4.78 is 53.5. The van der Waals surface area contributed by atoms with Gasteiger partial charge in [0.1, 0.15) is 0 Å². The Balaban J connectivity index is 2.15. The number of piperidine rings is 1. The molecule has 0 amide bonds. The van der Waals surface area contributed by atoms with E-state index in [0.29, 0.717) is 24.3 Å². The van der Waals surface area contributed by atoms with Crippen LogP contribution in [0.15, 0.2) is 24.3 Å². The van der Waals surface area contributed by atoms with Crippen molar-refractivity contribution < 1.29 is 16.8 Å². The van der Waals surface area contributed by atoms with Gasteiger partial charge in [0.2, 0.25) is 10.0 Å². The second kappa shape index (κ2) is 6.95. The summed E-state index contributed by atoms with van der Waals surface area (Å²) in [7, 11) is -6.95. The predicted octanol–water partition coefficient (Wildman–Crippen LogP) is 0.878. The van der Waals surface area contributed by atoms with E-state index in [1.807, 2.05) is 0 Å². The van der Waals surface area contributed by atoms with E-state index < -0.39 is 20.2 Å². The first kappa shape index (κ1) is 17.2. The number of nitrogens with one attached hydrogen (secondary N) is 2. The third-order valence-electron chi connectivity index (χ3n) is 3.44. The number of anilines is 1. The zero-order valence-electron chi connectivity index (χ0n) is 12.4. The lowest BCUT2D eigenvalue weighted by Crippen LogP contribution is -2.39. The molecule has 2 N–H and O–H groups in total. The maximum absolute atomic E-state index is 12.4. The van der Waals surface area contributed by atoms with Crippen LogP contribution in [-0.2, 0) is 26.8 Å². The molecule has 0 spiro atoms. The quantitative estimate of drug-likeness (QED) is 0.798. The lowest BCUT2D eigenvalue weighted by atomic mass is 10.2. The van der Waals surface area contributed by atoms with Crippen LogP contribution in [0.1, 0.15) is 24.8 Å². The molecule has 1 saturated heterocycles. The number of hydrogen-bond acceptors (Lipinski definition) is 4. The molecule has 1 aromatic rings. The molecule has 0 atom stereocenters. The highest BCUT2D eigenvalue weighted by Crippen LogP contribution is 2.20. The van der Waals surface area contributed by atoms with Crippen molar-refractivity contribution in [3.8, 4) is 0 Å². The molecule has 0 saturated carbocycles. The van der Waals surface area contributed by atoms with Gasteiger partial charge in [0, 0.05) is 19.6 Å². The van der Waals surface area contributed by atoms with Crippen LogP contribution in [0.3, 0.4) is 0 Å². The van der Waals surface area contributed by atoms with Gasteiger partial charge in [-0.15, -0.1) is 0 Å². The third-order valence-corrected chi connectivity index (χ3v) is 5.63. The lowest BCUT2D eigenvalue weighted by Gasteiger charge is -2.26. The Bertz CT molecular complexity index is 711. The van der Waals surface area contributed by atoms with Crippen LogP contribution >= 0.6 is 0 Å². The smallest absolute Gasteiger partial charge is 0.271 e. The van der Waals surface area contributed by atoms with Gasteiger partial charge in [-0.05, 0) is 24.5 Å². The number of sulfonamides is 1. The Hall–Kier alpha value is -1.16. The average Bonchev–Trinajstić information content (AvgIpc) is 2.46. The molecular formula is C13H21N3O4S2. The van der Waals surface area contributed by atoms with E-state index in [-0.39, 0.29) is 6.54 Å². The van der Waals surface area contributed by atoms with Crippen molar-refractivity contribution in [3.63, 3.8) is 0 Å². The van der Waals surface area contributed by atoms with E-state index in [1.165, 1.54) is 4.31 Å². The molecule has 0 bridgehead atoms. The summed E-state index contributed by atoms with van der Waals surface area (Å²) in [5.41, 5.74) is 0.970. The summed E-state index contributed by atoms with van der Waals surface area (Å²) in [5, 5.41) is 0. The van der Waals surface area contributed by atoms with Gasteiger partial charge in [0.05, 0.1) is 11.9 Å². The van der Waals surface area contributed by atoms with Crippen molar-refractivity contribution in [2.75, 3.05) is 24.1 Å². The fourth-order valence-electron chi connectivity index (χ4n) is 2.29. The van der Waals surface area contributed by atoms with Gasteiger partial charge in [-0.1, -0.05) is 24.6 Å². The summed E-state index contributed by atoms with van der Waals surface area (Å²) in [6, 6.07) is 6.75. The number of nitrogens with zero attached hydrogens (tertiary/aromatic N) is 1. The van der Waals surface area contributed by atoms with Crippen molar-refractivity contribution in [3.05, 3.63) is 29.8 Å². The number of para-hydroxylation sites is 1. The Morgan fingerprint density at radius 1 is 1.05 bits per heavy atom. The monoisotopic (exact) mass is 347 g/mol. The van der Waals surface area contributed by atoms with Crippen molar-refractivity contribution in [2.45, 2.75) is 25.8 Å². The van der Waals surface area contributed by atoms with Crippen LogP contribution in [0, 0.1) is 0 Å². The molecule has 0 unspecified atom stereocenters. The van der Waals surface area contributed by atoms with Crippen LogP contribution in [0.4, 0.5) is 5.69 Å². The summed E-state index contributed by atoms with van der Waals surface area (Å²) in [5.74, 6) is 0. The minimum Gasteiger partial charge on any atom is -0.271 e. The van der Waals surface area contributed by atoms with Crippen molar-refractivity contribution in [2.24, 2.45) is 0 Å². The molecule has 0 aliphatic carbocycles. The normalized spacial score (nSPS) is 17.3. The predicted molar refractivity (Wildman–Crippen MR) is 86.1 cm³/mol. The third kappa shape index (κ3) is 4.94. The molecule has 124 valence electrons. The Kier molecular flexibility index (Phi) is 5.43. The van der Waals surface area contributed by atoms with E-state index in [4.69, 9.17) is 0 Å². The van der Waals surface area contributed by atoms with Gasteiger partial charge in [0.15, 0.2) is 0 Å². The molecule has 9 heteroatoms. The Morgan fingerprint density at radius 2 is 1.68 bits per heavy atom. The SMILES string of the molecule is CS(=O)(=O)NCc1ccccc1NS(=O)(=O)N1CCCCC1. The highest BCUT2D eigenvalue weighted by molar-refractivity contribution is 7.90. The van der Waals surface area contributed by atoms with Crippen LogP contribution < -0.4 is 9.44 Å². The van der Waals surface area contributed by atoms with Crippen LogP contribution in [0.5, 0.6) is 0 Å². The molecule has 1 aromatic carbocycles. The van der Waals surface area contributed by atoms with Crippen molar-refractivity contribution in [1.29, 1.82) is 0 Å². The first-order valence-electron chi connectivity index (χ1n) is 7.08. The molecule has 7 nitrogen and oxygen atoms in total.